The van der Waals surface area contributed by atoms with Gasteiger partial charge in [-0.15, -0.1) is 0 Å². The van der Waals surface area contributed by atoms with Crippen LogP contribution in [-0.2, 0) is 9.59 Å². The van der Waals surface area contributed by atoms with Crippen LogP contribution in [0.25, 0.3) is 22.0 Å². The first kappa shape index (κ1) is 18.5. The molecule has 3 N–H and O–H groups in total. The molecule has 0 bridgehead atoms. The Labute approximate surface area is 173 Å². The average Bonchev–Trinajstić information content (AvgIpc) is 3.21. The molecule has 2 aliphatic rings. The number of amides is 2. The number of aromatic nitrogens is 3. The maximum absolute atomic E-state index is 12.7. The van der Waals surface area contributed by atoms with Gasteiger partial charge >= 0.3 is 0 Å². The van der Waals surface area contributed by atoms with E-state index in [0.717, 1.165) is 27.6 Å². The predicted molar refractivity (Wildman–Crippen MR) is 113 cm³/mol. The molecule has 2 amide bonds. The van der Waals surface area contributed by atoms with E-state index in [9.17, 15) is 9.59 Å². The highest BCUT2D eigenvalue weighted by atomic mass is 16.2. The zero-order valence-corrected chi connectivity index (χ0v) is 16.8. The van der Waals surface area contributed by atoms with Crippen molar-refractivity contribution in [2.75, 3.05) is 24.1 Å². The number of likely N-dealkylation sites (tertiary alicyclic amines) is 1. The number of piperidine rings is 1. The number of fused-ring (bicyclic) bond motifs is 2. The molecule has 5 rings (SSSR count). The van der Waals surface area contributed by atoms with Crippen molar-refractivity contribution in [3.63, 3.8) is 0 Å². The zero-order valence-electron chi connectivity index (χ0n) is 16.8. The van der Waals surface area contributed by atoms with E-state index in [4.69, 9.17) is 5.73 Å². The van der Waals surface area contributed by atoms with E-state index in [-0.39, 0.29) is 29.6 Å². The molecule has 2 atom stereocenters. The van der Waals surface area contributed by atoms with E-state index in [1.54, 1.807) is 25.5 Å². The molecular weight excluding hydrogens is 380 g/mol. The summed E-state index contributed by atoms with van der Waals surface area (Å²) in [7, 11) is 0. The Balaban J connectivity index is 1.38. The largest absolute Gasteiger partial charge is 0.383 e. The quantitative estimate of drug-likeness (QED) is 0.694. The molecule has 4 heterocycles. The van der Waals surface area contributed by atoms with Crippen LogP contribution in [0.2, 0.25) is 0 Å². The molecule has 8 nitrogen and oxygen atoms in total. The van der Waals surface area contributed by atoms with Crippen LogP contribution < -0.4 is 11.1 Å². The van der Waals surface area contributed by atoms with E-state index < -0.39 is 0 Å². The minimum absolute atomic E-state index is 0.0367. The lowest BCUT2D eigenvalue weighted by Crippen LogP contribution is -2.31. The Morgan fingerprint density at radius 1 is 1.20 bits per heavy atom. The van der Waals surface area contributed by atoms with Crippen molar-refractivity contribution in [2.45, 2.75) is 13.8 Å². The van der Waals surface area contributed by atoms with E-state index >= 15 is 0 Å². The Morgan fingerprint density at radius 3 is 2.67 bits per heavy atom. The minimum Gasteiger partial charge on any atom is -0.383 e. The van der Waals surface area contributed by atoms with Gasteiger partial charge in [-0.3, -0.25) is 14.6 Å². The molecule has 0 aromatic carbocycles. The van der Waals surface area contributed by atoms with Gasteiger partial charge in [-0.2, -0.15) is 0 Å². The number of carbonyl (C=O) groups is 2. The van der Waals surface area contributed by atoms with Crippen LogP contribution in [-0.4, -0.2) is 44.8 Å². The zero-order chi connectivity index (χ0) is 21.0. The average molecular weight is 402 g/mol. The molecule has 1 saturated carbocycles. The van der Waals surface area contributed by atoms with Crippen molar-refractivity contribution < 1.29 is 9.59 Å². The highest BCUT2D eigenvalue weighted by Gasteiger charge is 2.59. The summed E-state index contributed by atoms with van der Waals surface area (Å²) in [4.78, 5) is 39.0. The first-order valence-corrected chi connectivity index (χ1v) is 9.96. The third-order valence-electron chi connectivity index (χ3n) is 6.25. The molecule has 0 spiro atoms. The number of nitrogen functional groups attached to an aromatic ring is 1. The second kappa shape index (κ2) is 6.76. The second-order valence-electron chi connectivity index (χ2n) is 8.14. The van der Waals surface area contributed by atoms with Gasteiger partial charge < -0.3 is 16.0 Å². The lowest BCUT2D eigenvalue weighted by Gasteiger charge is -2.17. The van der Waals surface area contributed by atoms with Crippen LogP contribution in [0, 0.1) is 24.7 Å². The Hall–Kier alpha value is -3.55. The van der Waals surface area contributed by atoms with Gasteiger partial charge in [-0.25, -0.2) is 9.97 Å². The van der Waals surface area contributed by atoms with Crippen LogP contribution in [0.5, 0.6) is 0 Å². The topological polar surface area (TPSA) is 114 Å². The standard InChI is InChI=1S/C22H22N6O2/c1-11-3-4-24-7-14(11)18-5-13-6-19(25-8-15(13)21(23)26-18)27-22(30)20-16-9-28(12(2)29)10-17(16)20/h3-8,16-17,20H,9-10H2,1-2H3,(H2,23,26)(H,25,27,30). The van der Waals surface area contributed by atoms with E-state index in [0.29, 0.717) is 24.7 Å². The summed E-state index contributed by atoms with van der Waals surface area (Å²) in [6, 6.07) is 5.68. The number of carbonyl (C=O) groups excluding carboxylic acids is 2. The third kappa shape index (κ3) is 3.04. The van der Waals surface area contributed by atoms with E-state index in [2.05, 4.69) is 20.3 Å². The number of hydrogen-bond acceptors (Lipinski definition) is 6. The number of nitrogens with one attached hydrogen (secondary N) is 1. The Morgan fingerprint density at radius 2 is 1.97 bits per heavy atom. The van der Waals surface area contributed by atoms with Gasteiger partial charge in [0.25, 0.3) is 0 Å². The normalized spacial score (nSPS) is 22.1. The lowest BCUT2D eigenvalue weighted by atomic mass is 10.1. The smallest absolute Gasteiger partial charge is 0.229 e. The van der Waals surface area contributed by atoms with Crippen molar-refractivity contribution in [3.8, 4) is 11.3 Å². The van der Waals surface area contributed by atoms with Gasteiger partial charge in [-0.05, 0) is 47.9 Å². The maximum atomic E-state index is 12.7. The van der Waals surface area contributed by atoms with Crippen LogP contribution in [0.15, 0.2) is 36.8 Å². The molecule has 152 valence electrons. The molecule has 1 aliphatic carbocycles. The number of nitrogens with zero attached hydrogens (tertiary/aromatic N) is 4. The highest BCUT2D eigenvalue weighted by molar-refractivity contribution is 5.99. The third-order valence-corrected chi connectivity index (χ3v) is 6.25. The number of rotatable bonds is 3. The molecule has 2 fully saturated rings. The van der Waals surface area contributed by atoms with Crippen LogP contribution in [0.4, 0.5) is 11.6 Å². The summed E-state index contributed by atoms with van der Waals surface area (Å²) >= 11 is 0. The van der Waals surface area contributed by atoms with Gasteiger partial charge in [0.2, 0.25) is 11.8 Å². The number of nitrogens with two attached hydrogens (primary N) is 1. The Kier molecular flexibility index (Phi) is 4.16. The summed E-state index contributed by atoms with van der Waals surface area (Å²) in [6.07, 6.45) is 5.14. The Bertz CT molecular complexity index is 1180. The molecule has 1 aliphatic heterocycles. The maximum Gasteiger partial charge on any atom is 0.229 e. The summed E-state index contributed by atoms with van der Waals surface area (Å²) in [5.74, 6) is 1.38. The van der Waals surface area contributed by atoms with Crippen molar-refractivity contribution >= 4 is 34.2 Å². The number of aryl methyl sites for hydroxylation is 1. The predicted octanol–water partition coefficient (Wildman–Crippen LogP) is 2.25. The SMILES string of the molecule is CC(=O)N1CC2C(C1)C2C(=O)Nc1cc2cc(-c3cnccc3C)nc(N)c2cn1. The molecule has 30 heavy (non-hydrogen) atoms. The summed E-state index contributed by atoms with van der Waals surface area (Å²) in [6.45, 7) is 4.90. The van der Waals surface area contributed by atoms with Crippen LogP contribution in [0.3, 0.4) is 0 Å². The molecule has 1 saturated heterocycles. The van der Waals surface area contributed by atoms with Gasteiger partial charge in [0.15, 0.2) is 0 Å². The van der Waals surface area contributed by atoms with Gasteiger partial charge in [0.1, 0.15) is 11.6 Å². The second-order valence-corrected chi connectivity index (χ2v) is 8.14. The molecule has 2 unspecified atom stereocenters. The van der Waals surface area contributed by atoms with Crippen molar-refractivity contribution in [3.05, 3.63) is 42.4 Å². The summed E-state index contributed by atoms with van der Waals surface area (Å²) < 4.78 is 0. The molecule has 0 radical (unpaired) electrons. The fourth-order valence-electron chi connectivity index (χ4n) is 4.49. The molecule has 3 aromatic heterocycles. The van der Waals surface area contributed by atoms with E-state index in [1.807, 2.05) is 30.0 Å². The van der Waals surface area contributed by atoms with Crippen molar-refractivity contribution in [1.29, 1.82) is 0 Å². The van der Waals surface area contributed by atoms with Crippen molar-refractivity contribution in [2.24, 2.45) is 17.8 Å². The van der Waals surface area contributed by atoms with Crippen LogP contribution in [0.1, 0.15) is 12.5 Å². The number of hydrogen-bond donors (Lipinski definition) is 2. The number of anilines is 2. The monoisotopic (exact) mass is 402 g/mol. The van der Waals surface area contributed by atoms with Crippen molar-refractivity contribution in [1.82, 2.24) is 19.9 Å². The summed E-state index contributed by atoms with van der Waals surface area (Å²) in [5, 5.41) is 4.52. The first-order valence-electron chi connectivity index (χ1n) is 9.96. The molecule has 3 aromatic rings. The van der Waals surface area contributed by atoms with Gasteiger partial charge in [0, 0.05) is 55.5 Å². The number of pyridine rings is 3. The minimum atomic E-state index is -0.0470. The van der Waals surface area contributed by atoms with Crippen LogP contribution >= 0.6 is 0 Å². The fraction of sp³-hybridized carbons (Fsp3) is 0.318. The molecular formula is C22H22N6O2. The summed E-state index contributed by atoms with van der Waals surface area (Å²) in [5.41, 5.74) is 8.86. The van der Waals surface area contributed by atoms with E-state index in [1.165, 1.54) is 0 Å². The lowest BCUT2D eigenvalue weighted by molar-refractivity contribution is -0.129. The fourth-order valence-corrected chi connectivity index (χ4v) is 4.49. The van der Waals surface area contributed by atoms with Gasteiger partial charge in [0.05, 0.1) is 5.69 Å². The first-order chi connectivity index (χ1) is 14.4. The molecule has 8 heteroatoms. The highest BCUT2D eigenvalue weighted by Crippen LogP contribution is 2.52. The van der Waals surface area contributed by atoms with Gasteiger partial charge in [-0.1, -0.05) is 0 Å².